The van der Waals surface area contributed by atoms with Crippen LogP contribution in [-0.4, -0.2) is 76.4 Å². The molecule has 0 aromatic carbocycles. The van der Waals surface area contributed by atoms with Gasteiger partial charge in [-0.15, -0.1) is 0 Å². The third-order valence-electron chi connectivity index (χ3n) is 16.5. The van der Waals surface area contributed by atoms with Crippen LogP contribution in [-0.2, 0) is 28.6 Å². The van der Waals surface area contributed by atoms with Gasteiger partial charge in [-0.1, -0.05) is 48.5 Å². The molecule has 4 saturated carbocycles. The van der Waals surface area contributed by atoms with Crippen molar-refractivity contribution in [2.24, 2.45) is 50.7 Å². The third kappa shape index (κ3) is 7.42. The van der Waals surface area contributed by atoms with Crippen molar-refractivity contribution in [2.45, 2.75) is 183 Å². The summed E-state index contributed by atoms with van der Waals surface area (Å²) in [5.74, 6) is -0.361. The molecule has 5 fully saturated rings. The van der Waals surface area contributed by atoms with Crippen LogP contribution in [0.2, 0.25) is 0 Å². The molecule has 1 saturated heterocycles. The Balaban J connectivity index is 1.20. The fourth-order valence-corrected chi connectivity index (χ4v) is 13.4. The van der Waals surface area contributed by atoms with Crippen molar-refractivity contribution in [2.75, 3.05) is 13.1 Å². The Kier molecular flexibility index (Phi) is 11.1. The summed E-state index contributed by atoms with van der Waals surface area (Å²) in [7, 11) is 0. The molecule has 2 N–H and O–H groups in total. The summed E-state index contributed by atoms with van der Waals surface area (Å²) in [6, 6.07) is 0. The van der Waals surface area contributed by atoms with Gasteiger partial charge in [-0.2, -0.15) is 0 Å². The average molecular weight is 797 g/mol. The van der Waals surface area contributed by atoms with Gasteiger partial charge >= 0.3 is 24.1 Å². The smallest absolute Gasteiger partial charge is 0.410 e. The first kappa shape index (κ1) is 43.5. The molecular formula is C46H72N2O9. The minimum absolute atomic E-state index is 0.0121. The summed E-state index contributed by atoms with van der Waals surface area (Å²) in [4.78, 5) is 67.1. The zero-order chi connectivity index (χ0) is 42.3. The normalized spacial score (nSPS) is 36.7. The lowest BCUT2D eigenvalue weighted by Gasteiger charge is -2.72. The molecule has 320 valence electrons. The fourth-order valence-electron chi connectivity index (χ4n) is 13.4. The molecule has 8 atom stereocenters. The molecule has 1 heterocycles. The second-order valence-corrected chi connectivity index (χ2v) is 22.2. The van der Waals surface area contributed by atoms with Crippen molar-refractivity contribution in [3.8, 4) is 0 Å². The molecule has 57 heavy (non-hydrogen) atoms. The maximum Gasteiger partial charge on any atom is 0.410 e. The number of rotatable bonds is 7. The number of carboxylic acid groups (broad SMARTS) is 1. The Morgan fingerprint density at radius 1 is 0.825 bits per heavy atom. The molecule has 0 aromatic heterocycles. The monoisotopic (exact) mass is 797 g/mol. The number of allylic oxidation sites excluding steroid dienone is 1. The van der Waals surface area contributed by atoms with E-state index in [1.807, 2.05) is 20.8 Å². The minimum atomic E-state index is -1.18. The van der Waals surface area contributed by atoms with Crippen LogP contribution in [0.3, 0.4) is 0 Å². The van der Waals surface area contributed by atoms with Crippen LogP contribution in [0.4, 0.5) is 9.59 Å². The van der Waals surface area contributed by atoms with Crippen LogP contribution in [0.15, 0.2) is 11.1 Å². The molecule has 1 aliphatic heterocycles. The number of aliphatic carboxylic acids is 1. The quantitative estimate of drug-likeness (QED) is 0.190. The van der Waals surface area contributed by atoms with E-state index in [0.717, 1.165) is 56.1 Å². The van der Waals surface area contributed by atoms with E-state index in [2.05, 4.69) is 53.8 Å². The van der Waals surface area contributed by atoms with E-state index >= 15 is 0 Å². The SMILES string of the molecule is CC(C)C1=C2[C@H]3CC[C@@H]4[C@@]5(C)CC[C@H](OC(=O)CC(C)(C)C(=O)O)C(C)(C)[C@@H]5CC[C@@]4(C)[C@]3(C)CC[C@@]2(NC(=O)OC2CCN(C(=O)OC(C)(C)C)CC2)CC1=O. The number of carboxylic acids is 1. The third-order valence-corrected chi connectivity index (χ3v) is 16.5. The average Bonchev–Trinajstić information content (AvgIpc) is 3.37. The number of piperidine rings is 1. The molecule has 0 unspecified atom stereocenters. The number of likely N-dealkylation sites (tertiary alicyclic amines) is 1. The van der Waals surface area contributed by atoms with Gasteiger partial charge < -0.3 is 29.5 Å². The Bertz CT molecular complexity index is 1680. The summed E-state index contributed by atoms with van der Waals surface area (Å²) < 4.78 is 17.8. The van der Waals surface area contributed by atoms with E-state index in [4.69, 9.17) is 14.2 Å². The van der Waals surface area contributed by atoms with Gasteiger partial charge in [0.05, 0.1) is 17.4 Å². The van der Waals surface area contributed by atoms with Gasteiger partial charge in [-0.3, -0.25) is 14.4 Å². The molecule has 2 amide bonds. The first-order valence-electron chi connectivity index (χ1n) is 21.9. The van der Waals surface area contributed by atoms with Crippen LogP contribution in [0.1, 0.15) is 160 Å². The van der Waals surface area contributed by atoms with Gasteiger partial charge in [-0.25, -0.2) is 9.59 Å². The van der Waals surface area contributed by atoms with E-state index in [-0.39, 0.29) is 70.4 Å². The number of nitrogens with zero attached hydrogens (tertiary/aromatic N) is 1. The Labute approximate surface area is 341 Å². The highest BCUT2D eigenvalue weighted by molar-refractivity contribution is 6.02. The number of hydrogen-bond acceptors (Lipinski definition) is 8. The van der Waals surface area contributed by atoms with Crippen LogP contribution in [0.5, 0.6) is 0 Å². The Morgan fingerprint density at radius 3 is 2.07 bits per heavy atom. The maximum absolute atomic E-state index is 14.1. The highest BCUT2D eigenvalue weighted by Gasteiger charge is 2.70. The van der Waals surface area contributed by atoms with Crippen LogP contribution >= 0.6 is 0 Å². The molecule has 5 aliphatic carbocycles. The molecule has 11 heteroatoms. The maximum atomic E-state index is 14.1. The van der Waals surface area contributed by atoms with Crippen LogP contribution in [0.25, 0.3) is 0 Å². The lowest BCUT2D eigenvalue weighted by atomic mass is 9.33. The predicted octanol–water partition coefficient (Wildman–Crippen LogP) is 9.26. The number of ketones is 1. The van der Waals surface area contributed by atoms with Crippen molar-refractivity contribution in [1.82, 2.24) is 10.2 Å². The lowest BCUT2D eigenvalue weighted by Crippen LogP contribution is -2.67. The molecule has 0 bridgehead atoms. The molecule has 0 spiro atoms. The van der Waals surface area contributed by atoms with Gasteiger partial charge in [0.2, 0.25) is 0 Å². The van der Waals surface area contributed by atoms with E-state index in [0.29, 0.717) is 44.2 Å². The molecule has 0 radical (unpaired) electrons. The van der Waals surface area contributed by atoms with Gasteiger partial charge in [-0.05, 0) is 137 Å². The van der Waals surface area contributed by atoms with E-state index in [1.54, 1.807) is 18.7 Å². The van der Waals surface area contributed by atoms with Crippen LogP contribution in [0, 0.1) is 50.7 Å². The summed E-state index contributed by atoms with van der Waals surface area (Å²) in [6.45, 7) is 25.8. The number of alkyl carbamates (subject to hydrolysis) is 1. The fraction of sp³-hybridized carbons (Fsp3) is 0.848. The first-order valence-corrected chi connectivity index (χ1v) is 21.9. The number of hydrogen-bond donors (Lipinski definition) is 2. The van der Waals surface area contributed by atoms with Crippen molar-refractivity contribution in [3.63, 3.8) is 0 Å². The number of ether oxygens (including phenoxy) is 3. The number of nitrogens with one attached hydrogen (secondary N) is 1. The van der Waals surface area contributed by atoms with Gasteiger partial charge in [0.25, 0.3) is 0 Å². The van der Waals surface area contributed by atoms with Crippen molar-refractivity contribution < 1.29 is 43.3 Å². The highest BCUT2D eigenvalue weighted by atomic mass is 16.6. The summed E-state index contributed by atoms with van der Waals surface area (Å²) >= 11 is 0. The number of amides is 2. The Morgan fingerprint density at radius 2 is 1.47 bits per heavy atom. The van der Waals surface area contributed by atoms with Crippen molar-refractivity contribution >= 4 is 29.9 Å². The highest BCUT2D eigenvalue weighted by Crippen LogP contribution is 2.76. The standard InChI is InChI=1S/C46H72N2O9/c1-27(2)35-30(49)25-46(47-38(53)55-28-17-23-48(24-18-28)39(54)57-40(3,4)5)22-21-44(11)29(36(35)46)13-14-32-43(10)19-16-33(56-34(50)26-41(6,7)37(51)52)42(8,9)31(43)15-20-45(32,44)12/h27-29,31-33H,13-26H2,1-12H3,(H,47,53)(H,51,52)/t29-,31+,32-,33+,43+,44-,45-,46-/m1/s1. The lowest BCUT2D eigenvalue weighted by molar-refractivity contribution is -0.232. The number of fused-ring (bicyclic) bond motifs is 7. The molecule has 6 aliphatic rings. The van der Waals surface area contributed by atoms with E-state index < -0.39 is 34.6 Å². The summed E-state index contributed by atoms with van der Waals surface area (Å²) in [5.41, 5.74) is -0.845. The largest absolute Gasteiger partial charge is 0.481 e. The predicted molar refractivity (Wildman–Crippen MR) is 216 cm³/mol. The van der Waals surface area contributed by atoms with E-state index in [1.165, 1.54) is 0 Å². The molecular weight excluding hydrogens is 725 g/mol. The number of esters is 1. The summed E-state index contributed by atoms with van der Waals surface area (Å²) in [6.07, 6.45) is 7.01. The Hall–Kier alpha value is -3.11. The summed E-state index contributed by atoms with van der Waals surface area (Å²) in [5, 5.41) is 13.0. The minimum Gasteiger partial charge on any atom is -0.481 e. The zero-order valence-electron chi connectivity index (χ0n) is 37.0. The van der Waals surface area contributed by atoms with E-state index in [9.17, 15) is 29.1 Å². The molecule has 6 rings (SSSR count). The number of carbonyl (C=O) groups excluding carboxylic acids is 4. The second-order valence-electron chi connectivity index (χ2n) is 22.2. The second kappa shape index (κ2) is 14.6. The van der Waals surface area contributed by atoms with Crippen molar-refractivity contribution in [1.29, 1.82) is 0 Å². The first-order chi connectivity index (χ1) is 26.2. The zero-order valence-corrected chi connectivity index (χ0v) is 37.0. The molecule has 11 nitrogen and oxygen atoms in total. The van der Waals surface area contributed by atoms with Crippen LogP contribution < -0.4 is 5.32 Å². The van der Waals surface area contributed by atoms with Crippen molar-refractivity contribution in [3.05, 3.63) is 11.1 Å². The number of Topliss-reactive ketones (excluding diaryl/α,β-unsaturated/α-hetero) is 1. The number of carbonyl (C=O) groups is 5. The van der Waals surface area contributed by atoms with Gasteiger partial charge in [0.1, 0.15) is 17.8 Å². The van der Waals surface area contributed by atoms with Gasteiger partial charge in [0, 0.05) is 37.8 Å². The van der Waals surface area contributed by atoms with Gasteiger partial charge in [0.15, 0.2) is 5.78 Å². The topological polar surface area (TPSA) is 149 Å². The molecule has 0 aromatic rings.